The van der Waals surface area contributed by atoms with Gasteiger partial charge >= 0.3 is 11.9 Å². The molecule has 0 aromatic heterocycles. The first-order valence-electron chi connectivity index (χ1n) is 7.44. The minimum atomic E-state index is -1.02. The summed E-state index contributed by atoms with van der Waals surface area (Å²) in [5.74, 6) is -2.76. The molecule has 3 atom stereocenters. The van der Waals surface area contributed by atoms with Gasteiger partial charge in [-0.2, -0.15) is 0 Å². The van der Waals surface area contributed by atoms with Crippen LogP contribution in [0.15, 0.2) is 37.4 Å². The summed E-state index contributed by atoms with van der Waals surface area (Å²) in [6, 6.07) is 6.84. The van der Waals surface area contributed by atoms with Crippen LogP contribution in [0.4, 0.5) is 0 Å². The van der Waals surface area contributed by atoms with Crippen LogP contribution in [0.3, 0.4) is 0 Å². The number of hydrogen-bond acceptors (Lipinski definition) is 3. The van der Waals surface area contributed by atoms with E-state index >= 15 is 0 Å². The van der Waals surface area contributed by atoms with Crippen molar-refractivity contribution in [2.24, 2.45) is 11.8 Å². The van der Waals surface area contributed by atoms with Gasteiger partial charge in [-0.25, -0.2) is 0 Å². The second kappa shape index (κ2) is 6.79. The van der Waals surface area contributed by atoms with Crippen LogP contribution in [0.1, 0.15) is 24.5 Å². The van der Waals surface area contributed by atoms with E-state index in [0.29, 0.717) is 6.54 Å². The zero-order valence-electron chi connectivity index (χ0n) is 13.1. The van der Waals surface area contributed by atoms with E-state index in [0.717, 1.165) is 22.3 Å². The maximum Gasteiger partial charge on any atom is 0.321 e. The van der Waals surface area contributed by atoms with Crippen LogP contribution in [-0.2, 0) is 9.59 Å². The van der Waals surface area contributed by atoms with Gasteiger partial charge in [0.05, 0.1) is 6.42 Å². The third kappa shape index (κ3) is 3.68. The minimum absolute atomic E-state index is 0.197. The summed E-state index contributed by atoms with van der Waals surface area (Å²) < 4.78 is 0. The van der Waals surface area contributed by atoms with Gasteiger partial charge in [-0.3, -0.25) is 9.59 Å². The second-order valence-corrected chi connectivity index (χ2v) is 5.98. The van der Waals surface area contributed by atoms with Crippen molar-refractivity contribution < 1.29 is 19.8 Å². The van der Waals surface area contributed by atoms with Crippen LogP contribution in [-0.4, -0.2) is 34.7 Å². The normalized spacial score (nSPS) is 23.4. The standard InChI is InChI=1S/C18H21NO4/c1-10(2)12-4-6-13(7-5-12)11(3)15-9-19-17(18(22)23)14(15)8-16(20)21/h4-7,14-15,17,19H,1,3,8-9H2,2H3,(H,20,21)(H,22,23)/t14-,15+,17-/m1/s1. The molecule has 5 nitrogen and oxygen atoms in total. The highest BCUT2D eigenvalue weighted by Crippen LogP contribution is 2.36. The molecule has 0 bridgehead atoms. The van der Waals surface area contributed by atoms with Crippen molar-refractivity contribution in [1.82, 2.24) is 5.32 Å². The van der Waals surface area contributed by atoms with E-state index in [1.165, 1.54) is 0 Å². The van der Waals surface area contributed by atoms with Crippen LogP contribution in [0, 0.1) is 11.8 Å². The molecule has 3 N–H and O–H groups in total. The van der Waals surface area contributed by atoms with Gasteiger partial charge < -0.3 is 15.5 Å². The molecule has 1 fully saturated rings. The number of carboxylic acids is 2. The molecule has 122 valence electrons. The zero-order chi connectivity index (χ0) is 17.1. The topological polar surface area (TPSA) is 86.6 Å². The molecular weight excluding hydrogens is 294 g/mol. The Hall–Kier alpha value is -2.40. The highest BCUT2D eigenvalue weighted by molar-refractivity contribution is 5.79. The molecule has 0 aliphatic carbocycles. The lowest BCUT2D eigenvalue weighted by Crippen LogP contribution is -2.36. The number of allylic oxidation sites excluding steroid dienone is 1. The van der Waals surface area contributed by atoms with Crippen LogP contribution >= 0.6 is 0 Å². The molecule has 0 amide bonds. The van der Waals surface area contributed by atoms with E-state index in [2.05, 4.69) is 18.5 Å². The van der Waals surface area contributed by atoms with Gasteiger partial charge in [0, 0.05) is 18.4 Å². The van der Waals surface area contributed by atoms with Crippen LogP contribution in [0.2, 0.25) is 0 Å². The fraction of sp³-hybridized carbons (Fsp3) is 0.333. The van der Waals surface area contributed by atoms with Crippen molar-refractivity contribution in [2.45, 2.75) is 19.4 Å². The molecule has 0 unspecified atom stereocenters. The van der Waals surface area contributed by atoms with Gasteiger partial charge in [-0.15, -0.1) is 0 Å². The highest BCUT2D eigenvalue weighted by atomic mass is 16.4. The van der Waals surface area contributed by atoms with E-state index < -0.39 is 23.9 Å². The Morgan fingerprint density at radius 2 is 1.74 bits per heavy atom. The maximum absolute atomic E-state index is 11.3. The molecule has 0 spiro atoms. The molecule has 1 aliphatic heterocycles. The average Bonchev–Trinajstić information content (AvgIpc) is 2.89. The van der Waals surface area contributed by atoms with Crippen molar-refractivity contribution in [2.75, 3.05) is 6.54 Å². The van der Waals surface area contributed by atoms with Gasteiger partial charge in [-0.1, -0.05) is 43.0 Å². The van der Waals surface area contributed by atoms with E-state index in [1.54, 1.807) is 0 Å². The van der Waals surface area contributed by atoms with Gasteiger partial charge in [0.15, 0.2) is 0 Å². The molecule has 1 saturated heterocycles. The van der Waals surface area contributed by atoms with Crippen LogP contribution in [0.5, 0.6) is 0 Å². The fourth-order valence-electron chi connectivity index (χ4n) is 3.09. The Labute approximate surface area is 135 Å². The van der Waals surface area contributed by atoms with Crippen molar-refractivity contribution in [3.63, 3.8) is 0 Å². The summed E-state index contributed by atoms with van der Waals surface area (Å²) in [4.78, 5) is 22.4. The predicted octanol–water partition coefficient (Wildman–Crippen LogP) is 2.50. The molecule has 0 saturated carbocycles. The molecule has 23 heavy (non-hydrogen) atoms. The Morgan fingerprint density at radius 3 is 2.22 bits per heavy atom. The molecular formula is C18H21NO4. The molecule has 1 aromatic rings. The van der Waals surface area contributed by atoms with Gasteiger partial charge in [0.25, 0.3) is 0 Å². The number of nitrogens with one attached hydrogen (secondary N) is 1. The van der Waals surface area contributed by atoms with Crippen molar-refractivity contribution in [1.29, 1.82) is 0 Å². The second-order valence-electron chi connectivity index (χ2n) is 5.98. The average molecular weight is 315 g/mol. The Balaban J connectivity index is 2.24. The number of aliphatic carboxylic acids is 2. The fourth-order valence-corrected chi connectivity index (χ4v) is 3.09. The van der Waals surface area contributed by atoms with Crippen LogP contribution < -0.4 is 5.32 Å². The van der Waals surface area contributed by atoms with E-state index in [9.17, 15) is 14.7 Å². The first-order valence-corrected chi connectivity index (χ1v) is 7.44. The van der Waals surface area contributed by atoms with Crippen molar-refractivity contribution in [3.8, 4) is 0 Å². The van der Waals surface area contributed by atoms with E-state index in [4.69, 9.17) is 5.11 Å². The third-order valence-corrected chi connectivity index (χ3v) is 4.38. The molecule has 0 radical (unpaired) electrons. The van der Waals surface area contributed by atoms with E-state index in [1.807, 2.05) is 31.2 Å². The molecule has 2 rings (SSSR count). The molecule has 5 heteroatoms. The van der Waals surface area contributed by atoms with Crippen molar-refractivity contribution in [3.05, 3.63) is 48.6 Å². The lowest BCUT2D eigenvalue weighted by atomic mass is 9.80. The SMILES string of the molecule is C=C(C)c1ccc(C(=C)[C@@H]2CN[C@@H](C(=O)O)[C@@H]2CC(=O)O)cc1. The third-order valence-electron chi connectivity index (χ3n) is 4.38. The van der Waals surface area contributed by atoms with Crippen LogP contribution in [0.25, 0.3) is 11.1 Å². The first kappa shape index (κ1) is 17.0. The Kier molecular flexibility index (Phi) is 5.01. The number of benzene rings is 1. The molecule has 1 aromatic carbocycles. The lowest BCUT2D eigenvalue weighted by Gasteiger charge is -2.22. The summed E-state index contributed by atoms with van der Waals surface area (Å²) in [5.41, 5.74) is 3.64. The zero-order valence-corrected chi connectivity index (χ0v) is 13.1. The molecule has 1 heterocycles. The molecule has 1 aliphatic rings. The predicted molar refractivity (Wildman–Crippen MR) is 88.8 cm³/mol. The monoisotopic (exact) mass is 315 g/mol. The summed E-state index contributed by atoms with van der Waals surface area (Å²) in [5, 5.41) is 21.3. The summed E-state index contributed by atoms with van der Waals surface area (Å²) in [6.07, 6.45) is -0.197. The largest absolute Gasteiger partial charge is 0.481 e. The Bertz CT molecular complexity index is 647. The summed E-state index contributed by atoms with van der Waals surface area (Å²) in [6.45, 7) is 10.3. The maximum atomic E-state index is 11.3. The van der Waals surface area contributed by atoms with Crippen molar-refractivity contribution >= 4 is 23.1 Å². The van der Waals surface area contributed by atoms with Gasteiger partial charge in [0.2, 0.25) is 0 Å². The highest BCUT2D eigenvalue weighted by Gasteiger charge is 2.42. The number of carboxylic acid groups (broad SMARTS) is 2. The van der Waals surface area contributed by atoms with Gasteiger partial charge in [-0.05, 0) is 23.6 Å². The number of hydrogen-bond donors (Lipinski definition) is 3. The van der Waals surface area contributed by atoms with Gasteiger partial charge in [0.1, 0.15) is 6.04 Å². The smallest absolute Gasteiger partial charge is 0.321 e. The quantitative estimate of drug-likeness (QED) is 0.751. The lowest BCUT2D eigenvalue weighted by molar-refractivity contribution is -0.142. The minimum Gasteiger partial charge on any atom is -0.481 e. The summed E-state index contributed by atoms with van der Waals surface area (Å²) >= 11 is 0. The first-order chi connectivity index (χ1) is 10.8. The number of rotatable bonds is 6. The van der Waals surface area contributed by atoms with E-state index in [-0.39, 0.29) is 12.3 Å². The summed E-state index contributed by atoms with van der Waals surface area (Å²) in [7, 11) is 0. The Morgan fingerprint density at radius 1 is 1.17 bits per heavy atom. The number of carbonyl (C=O) groups is 2.